The second-order valence-electron chi connectivity index (χ2n) is 4.98. The number of Topliss-reactive ketones (excluding diaryl/α,β-unsaturated/α-hetero) is 1. The summed E-state index contributed by atoms with van der Waals surface area (Å²) in [5, 5.41) is 2.80. The molecule has 5 nitrogen and oxygen atoms in total. The Bertz CT molecular complexity index is 254. The van der Waals surface area contributed by atoms with Gasteiger partial charge in [0.05, 0.1) is 19.8 Å². The first-order chi connectivity index (χ1) is 9.02. The van der Waals surface area contributed by atoms with Crippen molar-refractivity contribution in [1.82, 2.24) is 5.32 Å². The van der Waals surface area contributed by atoms with Gasteiger partial charge in [-0.05, 0) is 19.3 Å². The van der Waals surface area contributed by atoms with Gasteiger partial charge in [0.2, 0.25) is 5.91 Å². The van der Waals surface area contributed by atoms with Crippen LogP contribution in [0.25, 0.3) is 0 Å². The van der Waals surface area contributed by atoms with Gasteiger partial charge in [-0.25, -0.2) is 0 Å². The molecule has 1 N–H and O–H groups in total. The molecule has 5 heteroatoms. The number of amides is 1. The van der Waals surface area contributed by atoms with Crippen molar-refractivity contribution in [1.29, 1.82) is 0 Å². The second-order valence-corrected chi connectivity index (χ2v) is 4.98. The van der Waals surface area contributed by atoms with E-state index in [0.29, 0.717) is 51.7 Å². The molecule has 0 aliphatic rings. The quantitative estimate of drug-likeness (QED) is 0.548. The minimum absolute atomic E-state index is 0.0686. The molecule has 19 heavy (non-hydrogen) atoms. The molecule has 0 bridgehead atoms. The fourth-order valence-electron chi connectivity index (χ4n) is 1.45. The Morgan fingerprint density at radius 2 is 1.68 bits per heavy atom. The summed E-state index contributed by atoms with van der Waals surface area (Å²) in [5.74, 6) is 0.639. The van der Waals surface area contributed by atoms with Gasteiger partial charge < -0.3 is 19.6 Å². The van der Waals surface area contributed by atoms with E-state index in [1.54, 1.807) is 6.92 Å². The number of rotatable bonds is 12. The van der Waals surface area contributed by atoms with Gasteiger partial charge in [-0.1, -0.05) is 13.8 Å². The normalized spacial score (nSPS) is 10.7. The highest BCUT2D eigenvalue weighted by Crippen LogP contribution is 1.97. The number of nitrogens with one attached hydrogen (secondary N) is 1. The number of carbonyl (C=O) groups is 2. The van der Waals surface area contributed by atoms with Crippen LogP contribution in [-0.2, 0) is 19.1 Å². The number of hydrogen-bond acceptors (Lipinski definition) is 4. The Kier molecular flexibility index (Phi) is 11.5. The van der Waals surface area contributed by atoms with Crippen LogP contribution in [0.3, 0.4) is 0 Å². The Hall–Kier alpha value is -0.940. The zero-order valence-electron chi connectivity index (χ0n) is 12.4. The standard InChI is InChI=1S/C14H27NO4/c1-12(2)11-14(17)15-6-8-19-10-9-18-7-4-5-13(3)16/h12H,4-11H2,1-3H3,(H,15,17). The van der Waals surface area contributed by atoms with Gasteiger partial charge in [-0.3, -0.25) is 4.79 Å². The van der Waals surface area contributed by atoms with Crippen molar-refractivity contribution < 1.29 is 19.1 Å². The summed E-state index contributed by atoms with van der Waals surface area (Å²) in [7, 11) is 0. The number of ketones is 1. The predicted molar refractivity (Wildman–Crippen MR) is 74.0 cm³/mol. The Morgan fingerprint density at radius 1 is 1.05 bits per heavy atom. The molecule has 0 saturated carbocycles. The third-order valence-corrected chi connectivity index (χ3v) is 2.35. The summed E-state index contributed by atoms with van der Waals surface area (Å²) in [5.41, 5.74) is 0. The average molecular weight is 273 g/mol. The lowest BCUT2D eigenvalue weighted by atomic mass is 10.1. The van der Waals surface area contributed by atoms with E-state index in [9.17, 15) is 9.59 Å². The molecule has 0 aliphatic carbocycles. The molecular weight excluding hydrogens is 246 g/mol. The van der Waals surface area contributed by atoms with E-state index in [1.807, 2.05) is 13.8 Å². The molecule has 0 aromatic rings. The van der Waals surface area contributed by atoms with Gasteiger partial charge in [0.1, 0.15) is 5.78 Å². The summed E-state index contributed by atoms with van der Waals surface area (Å²) in [6, 6.07) is 0. The lowest BCUT2D eigenvalue weighted by molar-refractivity contribution is -0.122. The molecule has 0 radical (unpaired) electrons. The maximum atomic E-state index is 11.3. The lowest BCUT2D eigenvalue weighted by Gasteiger charge is -2.08. The van der Waals surface area contributed by atoms with Crippen molar-refractivity contribution in [3.05, 3.63) is 0 Å². The van der Waals surface area contributed by atoms with E-state index in [-0.39, 0.29) is 11.7 Å². The highest BCUT2D eigenvalue weighted by Gasteiger charge is 2.03. The third kappa shape index (κ3) is 15.0. The van der Waals surface area contributed by atoms with Crippen LogP contribution in [0.1, 0.15) is 40.0 Å². The van der Waals surface area contributed by atoms with Crippen LogP contribution in [-0.4, -0.2) is 44.7 Å². The van der Waals surface area contributed by atoms with Crippen molar-refractivity contribution in [2.75, 3.05) is 33.0 Å². The molecule has 0 spiro atoms. The van der Waals surface area contributed by atoms with E-state index >= 15 is 0 Å². The van der Waals surface area contributed by atoms with E-state index < -0.39 is 0 Å². The third-order valence-electron chi connectivity index (χ3n) is 2.35. The maximum absolute atomic E-state index is 11.3. The molecule has 0 saturated heterocycles. The average Bonchev–Trinajstić information content (AvgIpc) is 2.30. The minimum Gasteiger partial charge on any atom is -0.379 e. The summed E-state index contributed by atoms with van der Waals surface area (Å²) in [6.07, 6.45) is 1.89. The summed E-state index contributed by atoms with van der Waals surface area (Å²) in [4.78, 5) is 22.0. The second kappa shape index (κ2) is 12.1. The van der Waals surface area contributed by atoms with Crippen LogP contribution in [0, 0.1) is 5.92 Å². The van der Waals surface area contributed by atoms with E-state index in [4.69, 9.17) is 9.47 Å². The first-order valence-corrected chi connectivity index (χ1v) is 6.94. The lowest BCUT2D eigenvalue weighted by Crippen LogP contribution is -2.28. The van der Waals surface area contributed by atoms with Gasteiger partial charge in [-0.2, -0.15) is 0 Å². The van der Waals surface area contributed by atoms with E-state index in [0.717, 1.165) is 6.42 Å². The van der Waals surface area contributed by atoms with Gasteiger partial charge in [0, 0.05) is 26.0 Å². The highest BCUT2D eigenvalue weighted by atomic mass is 16.5. The predicted octanol–water partition coefficient (Wildman–Crippen LogP) is 1.55. The molecule has 0 unspecified atom stereocenters. The van der Waals surface area contributed by atoms with Crippen LogP contribution in [0.15, 0.2) is 0 Å². The molecule has 112 valence electrons. The van der Waals surface area contributed by atoms with Crippen LogP contribution in [0.4, 0.5) is 0 Å². The molecule has 0 aliphatic heterocycles. The van der Waals surface area contributed by atoms with Crippen molar-refractivity contribution in [2.45, 2.75) is 40.0 Å². The van der Waals surface area contributed by atoms with Crippen molar-refractivity contribution >= 4 is 11.7 Å². The fraction of sp³-hybridized carbons (Fsp3) is 0.857. The zero-order valence-corrected chi connectivity index (χ0v) is 12.4. The van der Waals surface area contributed by atoms with Crippen LogP contribution < -0.4 is 5.32 Å². The van der Waals surface area contributed by atoms with E-state index in [1.165, 1.54) is 0 Å². The van der Waals surface area contributed by atoms with Crippen LogP contribution in [0.2, 0.25) is 0 Å². The SMILES string of the molecule is CC(=O)CCCOCCOCCNC(=O)CC(C)C. The molecule has 0 heterocycles. The first-order valence-electron chi connectivity index (χ1n) is 6.94. The summed E-state index contributed by atoms with van der Waals surface area (Å²) in [6.45, 7) is 8.28. The Morgan fingerprint density at radius 3 is 2.26 bits per heavy atom. The van der Waals surface area contributed by atoms with Crippen molar-refractivity contribution in [2.24, 2.45) is 5.92 Å². The Balaban J connectivity index is 3.14. The smallest absolute Gasteiger partial charge is 0.220 e. The van der Waals surface area contributed by atoms with Crippen molar-refractivity contribution in [3.8, 4) is 0 Å². The van der Waals surface area contributed by atoms with E-state index in [2.05, 4.69) is 5.32 Å². The molecule has 0 aromatic carbocycles. The monoisotopic (exact) mass is 273 g/mol. The summed E-state index contributed by atoms with van der Waals surface area (Å²) >= 11 is 0. The number of hydrogen-bond donors (Lipinski definition) is 1. The van der Waals surface area contributed by atoms with Crippen molar-refractivity contribution in [3.63, 3.8) is 0 Å². The molecule has 0 aromatic heterocycles. The molecule has 0 fully saturated rings. The fourth-order valence-corrected chi connectivity index (χ4v) is 1.45. The minimum atomic E-state index is 0.0686. The van der Waals surface area contributed by atoms with Gasteiger partial charge in [0.15, 0.2) is 0 Å². The van der Waals surface area contributed by atoms with Gasteiger partial charge >= 0.3 is 0 Å². The largest absolute Gasteiger partial charge is 0.379 e. The first kappa shape index (κ1) is 18.1. The van der Waals surface area contributed by atoms with Gasteiger partial charge in [0.25, 0.3) is 0 Å². The molecule has 0 atom stereocenters. The molecule has 1 amide bonds. The number of carbonyl (C=O) groups excluding carboxylic acids is 2. The number of ether oxygens (including phenoxy) is 2. The topological polar surface area (TPSA) is 64.6 Å². The summed E-state index contributed by atoms with van der Waals surface area (Å²) < 4.78 is 10.6. The van der Waals surface area contributed by atoms with Crippen LogP contribution in [0.5, 0.6) is 0 Å². The zero-order chi connectivity index (χ0) is 14.5. The Labute approximate surface area is 116 Å². The highest BCUT2D eigenvalue weighted by molar-refractivity contribution is 5.76. The van der Waals surface area contributed by atoms with Gasteiger partial charge in [-0.15, -0.1) is 0 Å². The van der Waals surface area contributed by atoms with Crippen LogP contribution >= 0.6 is 0 Å². The molecule has 0 rings (SSSR count). The maximum Gasteiger partial charge on any atom is 0.220 e. The molecular formula is C14H27NO4.